The van der Waals surface area contributed by atoms with E-state index in [1.807, 2.05) is 13.1 Å². The van der Waals surface area contributed by atoms with Gasteiger partial charge in [-0.1, -0.05) is 39.3 Å². The monoisotopic (exact) mass is 296 g/mol. The van der Waals surface area contributed by atoms with Crippen molar-refractivity contribution in [1.29, 1.82) is 0 Å². The zero-order valence-corrected chi connectivity index (χ0v) is 14.3. The molecule has 1 rings (SSSR count). The fourth-order valence-electron chi connectivity index (χ4n) is 2.73. The predicted molar refractivity (Wildman–Crippen MR) is 90.8 cm³/mol. The quantitative estimate of drug-likeness (QED) is 0.747. The van der Waals surface area contributed by atoms with Crippen molar-refractivity contribution in [1.82, 2.24) is 5.32 Å². The van der Waals surface area contributed by atoms with Crippen LogP contribution in [0.4, 0.5) is 5.69 Å². The van der Waals surface area contributed by atoms with E-state index >= 15 is 0 Å². The number of nitrogens with zero attached hydrogens (tertiary/aromatic N) is 1. The van der Waals surface area contributed by atoms with Crippen molar-refractivity contribution in [2.45, 2.75) is 53.1 Å². The molecule has 114 valence electrons. The zero-order valence-electron chi connectivity index (χ0n) is 13.5. The van der Waals surface area contributed by atoms with Gasteiger partial charge in [0.1, 0.15) is 0 Å². The van der Waals surface area contributed by atoms with Gasteiger partial charge in [-0.2, -0.15) is 0 Å². The molecule has 0 radical (unpaired) electrons. The van der Waals surface area contributed by atoms with Gasteiger partial charge in [-0.05, 0) is 49.6 Å². The number of halogens is 1. The summed E-state index contributed by atoms with van der Waals surface area (Å²) in [7, 11) is 1.98. The molecule has 1 aromatic carbocycles. The predicted octanol–water partition coefficient (Wildman–Crippen LogP) is 4.71. The molecular formula is C17H29ClN2. The summed E-state index contributed by atoms with van der Waals surface area (Å²) in [5.74, 6) is 0.647. The van der Waals surface area contributed by atoms with E-state index in [1.165, 1.54) is 24.1 Å². The number of benzene rings is 1. The lowest BCUT2D eigenvalue weighted by molar-refractivity contribution is 0.506. The third kappa shape index (κ3) is 4.68. The number of hydrogen-bond donors (Lipinski definition) is 1. The van der Waals surface area contributed by atoms with Gasteiger partial charge in [-0.3, -0.25) is 0 Å². The molecule has 0 unspecified atom stereocenters. The van der Waals surface area contributed by atoms with E-state index in [1.54, 1.807) is 0 Å². The molecular weight excluding hydrogens is 268 g/mol. The van der Waals surface area contributed by atoms with Gasteiger partial charge in [-0.15, -0.1) is 0 Å². The fraction of sp³-hybridized carbons (Fsp3) is 0.647. The molecule has 0 spiro atoms. The highest BCUT2D eigenvalue weighted by Crippen LogP contribution is 2.28. The Bertz CT molecular complexity index is 400. The fourth-order valence-corrected chi connectivity index (χ4v) is 2.93. The molecule has 0 saturated heterocycles. The Morgan fingerprint density at radius 2 is 1.85 bits per heavy atom. The van der Waals surface area contributed by atoms with Gasteiger partial charge < -0.3 is 10.2 Å². The highest BCUT2D eigenvalue weighted by molar-refractivity contribution is 6.30. The molecule has 0 bridgehead atoms. The van der Waals surface area contributed by atoms with E-state index in [-0.39, 0.29) is 0 Å². The highest BCUT2D eigenvalue weighted by Gasteiger charge is 2.19. The molecule has 0 atom stereocenters. The average molecular weight is 297 g/mol. The Kier molecular flexibility index (Phi) is 7.39. The third-order valence-corrected chi connectivity index (χ3v) is 3.90. The molecule has 0 aromatic heterocycles. The first-order valence-corrected chi connectivity index (χ1v) is 8.10. The summed E-state index contributed by atoms with van der Waals surface area (Å²) >= 11 is 6.16. The number of hydrogen-bond acceptors (Lipinski definition) is 2. The van der Waals surface area contributed by atoms with Crippen molar-refractivity contribution in [2.24, 2.45) is 5.92 Å². The van der Waals surface area contributed by atoms with Gasteiger partial charge in [0.15, 0.2) is 0 Å². The van der Waals surface area contributed by atoms with Gasteiger partial charge in [0.05, 0.1) is 0 Å². The maximum Gasteiger partial charge on any atom is 0.0415 e. The SMILES string of the molecule is CCC(CC)N(CC(C)C)c1ccc(Cl)cc1CNC. The Morgan fingerprint density at radius 3 is 2.35 bits per heavy atom. The lowest BCUT2D eigenvalue weighted by Gasteiger charge is -2.35. The minimum absolute atomic E-state index is 0.592. The van der Waals surface area contributed by atoms with E-state index in [2.05, 4.69) is 50.0 Å². The molecule has 1 N–H and O–H groups in total. The Morgan fingerprint density at radius 1 is 1.20 bits per heavy atom. The minimum atomic E-state index is 0.592. The van der Waals surface area contributed by atoms with Crippen LogP contribution >= 0.6 is 11.6 Å². The topological polar surface area (TPSA) is 15.3 Å². The first-order chi connectivity index (χ1) is 9.53. The average Bonchev–Trinajstić information content (AvgIpc) is 2.39. The maximum absolute atomic E-state index is 6.16. The van der Waals surface area contributed by atoms with Crippen molar-refractivity contribution in [2.75, 3.05) is 18.5 Å². The molecule has 0 aliphatic rings. The number of nitrogens with one attached hydrogen (secondary N) is 1. The van der Waals surface area contributed by atoms with E-state index in [0.717, 1.165) is 18.1 Å². The van der Waals surface area contributed by atoms with Crippen molar-refractivity contribution in [3.05, 3.63) is 28.8 Å². The standard InChI is InChI=1S/C17H29ClN2/c1-6-16(7-2)20(12-13(3)4)17-9-8-15(18)10-14(17)11-19-5/h8-10,13,16,19H,6-7,11-12H2,1-5H3. The second-order valence-electron chi connectivity index (χ2n) is 5.82. The summed E-state index contributed by atoms with van der Waals surface area (Å²) in [5.41, 5.74) is 2.61. The summed E-state index contributed by atoms with van der Waals surface area (Å²) in [6.45, 7) is 11.0. The van der Waals surface area contributed by atoms with Crippen LogP contribution in [0.1, 0.15) is 46.1 Å². The van der Waals surface area contributed by atoms with Crippen LogP contribution in [0, 0.1) is 5.92 Å². The first-order valence-electron chi connectivity index (χ1n) is 7.73. The Labute approximate surface area is 129 Å². The normalized spacial score (nSPS) is 11.4. The summed E-state index contributed by atoms with van der Waals surface area (Å²) < 4.78 is 0. The summed E-state index contributed by atoms with van der Waals surface area (Å²) in [6.07, 6.45) is 2.34. The van der Waals surface area contributed by atoms with Crippen LogP contribution in [-0.4, -0.2) is 19.6 Å². The molecule has 0 aliphatic heterocycles. The van der Waals surface area contributed by atoms with Crippen LogP contribution in [0.2, 0.25) is 5.02 Å². The van der Waals surface area contributed by atoms with Crippen LogP contribution in [0.5, 0.6) is 0 Å². The van der Waals surface area contributed by atoms with Gasteiger partial charge >= 0.3 is 0 Å². The maximum atomic E-state index is 6.16. The largest absolute Gasteiger partial charge is 0.368 e. The molecule has 3 heteroatoms. The molecule has 0 heterocycles. The highest BCUT2D eigenvalue weighted by atomic mass is 35.5. The van der Waals surface area contributed by atoms with Crippen LogP contribution in [0.15, 0.2) is 18.2 Å². The van der Waals surface area contributed by atoms with Gasteiger partial charge in [0.2, 0.25) is 0 Å². The van der Waals surface area contributed by atoms with Crippen molar-refractivity contribution in [3.63, 3.8) is 0 Å². The van der Waals surface area contributed by atoms with Crippen LogP contribution < -0.4 is 10.2 Å². The first kappa shape index (κ1) is 17.3. The smallest absolute Gasteiger partial charge is 0.0415 e. The lowest BCUT2D eigenvalue weighted by Crippen LogP contribution is -2.38. The van der Waals surface area contributed by atoms with E-state index in [9.17, 15) is 0 Å². The van der Waals surface area contributed by atoms with Crippen molar-refractivity contribution in [3.8, 4) is 0 Å². The van der Waals surface area contributed by atoms with E-state index < -0.39 is 0 Å². The van der Waals surface area contributed by atoms with E-state index in [4.69, 9.17) is 11.6 Å². The summed E-state index contributed by atoms with van der Waals surface area (Å²) in [4.78, 5) is 2.56. The van der Waals surface area contributed by atoms with Gasteiger partial charge in [-0.25, -0.2) is 0 Å². The second kappa shape index (κ2) is 8.53. The lowest BCUT2D eigenvalue weighted by atomic mass is 10.0. The van der Waals surface area contributed by atoms with Crippen LogP contribution in [-0.2, 0) is 6.54 Å². The van der Waals surface area contributed by atoms with Crippen molar-refractivity contribution >= 4 is 17.3 Å². The number of rotatable bonds is 8. The minimum Gasteiger partial charge on any atom is -0.368 e. The summed E-state index contributed by atoms with van der Waals surface area (Å²) in [5, 5.41) is 4.06. The van der Waals surface area contributed by atoms with Gasteiger partial charge in [0.25, 0.3) is 0 Å². The molecule has 20 heavy (non-hydrogen) atoms. The number of anilines is 1. The zero-order chi connectivity index (χ0) is 15.1. The molecule has 0 fully saturated rings. The second-order valence-corrected chi connectivity index (χ2v) is 6.26. The van der Waals surface area contributed by atoms with E-state index in [0.29, 0.717) is 12.0 Å². The molecule has 0 aliphatic carbocycles. The molecule has 1 aromatic rings. The molecule has 2 nitrogen and oxygen atoms in total. The summed E-state index contributed by atoms with van der Waals surface area (Å²) in [6, 6.07) is 6.86. The molecule has 0 saturated carbocycles. The van der Waals surface area contributed by atoms with Gasteiger partial charge in [0, 0.05) is 29.8 Å². The third-order valence-electron chi connectivity index (χ3n) is 3.66. The van der Waals surface area contributed by atoms with Crippen LogP contribution in [0.25, 0.3) is 0 Å². The Balaban J connectivity index is 3.17. The van der Waals surface area contributed by atoms with Crippen molar-refractivity contribution < 1.29 is 0 Å². The van der Waals surface area contributed by atoms with Crippen LogP contribution in [0.3, 0.4) is 0 Å². The molecule has 0 amide bonds. The Hall–Kier alpha value is -0.730.